The van der Waals surface area contributed by atoms with Crippen LogP contribution in [0, 0.1) is 5.92 Å². The molecule has 4 aliphatic rings. The first-order valence-electron chi connectivity index (χ1n) is 8.00. The van der Waals surface area contributed by atoms with Crippen LogP contribution in [-0.2, 0) is 11.8 Å². The van der Waals surface area contributed by atoms with Crippen LogP contribution in [0.5, 0.6) is 11.5 Å². The van der Waals surface area contributed by atoms with E-state index in [1.54, 1.807) is 6.07 Å². The molecule has 2 fully saturated rings. The van der Waals surface area contributed by atoms with E-state index < -0.39 is 23.2 Å². The smallest absolute Gasteiger partial charge is 0.165 e. The van der Waals surface area contributed by atoms with E-state index in [2.05, 4.69) is 0 Å². The summed E-state index contributed by atoms with van der Waals surface area (Å²) < 4.78 is 6.03. The molecule has 0 amide bonds. The first-order valence-corrected chi connectivity index (χ1v) is 8.00. The van der Waals surface area contributed by atoms with Crippen LogP contribution in [0.15, 0.2) is 12.1 Å². The monoisotopic (exact) mass is 288 g/mol. The Bertz CT molecular complexity index is 642. The summed E-state index contributed by atoms with van der Waals surface area (Å²) in [6, 6.07) is 3.66. The van der Waals surface area contributed by atoms with Gasteiger partial charge in [-0.2, -0.15) is 0 Å². The highest BCUT2D eigenvalue weighted by Gasteiger charge is 2.71. The van der Waals surface area contributed by atoms with Gasteiger partial charge in [-0.05, 0) is 49.7 Å². The maximum absolute atomic E-state index is 11.5. The summed E-state index contributed by atoms with van der Waals surface area (Å²) in [6.07, 6.45) is 4.00. The molecule has 1 aromatic carbocycles. The molecule has 1 aliphatic heterocycles. The zero-order valence-corrected chi connectivity index (χ0v) is 11.9. The molecule has 112 valence electrons. The third-order valence-corrected chi connectivity index (χ3v) is 6.61. The molecule has 1 heterocycles. The summed E-state index contributed by atoms with van der Waals surface area (Å²) in [6.45, 7) is 0. The van der Waals surface area contributed by atoms with Crippen molar-refractivity contribution in [2.75, 3.05) is 0 Å². The first-order chi connectivity index (χ1) is 10.1. The van der Waals surface area contributed by atoms with Crippen molar-refractivity contribution in [2.45, 2.75) is 61.7 Å². The number of phenols is 1. The highest BCUT2D eigenvalue weighted by atomic mass is 16.5. The molecule has 21 heavy (non-hydrogen) atoms. The molecular formula is C17H20O4. The maximum atomic E-state index is 11.5. The second-order valence-corrected chi connectivity index (χ2v) is 7.28. The van der Waals surface area contributed by atoms with Gasteiger partial charge in [-0.15, -0.1) is 0 Å². The Morgan fingerprint density at radius 1 is 1.19 bits per heavy atom. The van der Waals surface area contributed by atoms with E-state index in [1.807, 2.05) is 6.07 Å². The van der Waals surface area contributed by atoms with Crippen molar-refractivity contribution in [1.29, 1.82) is 0 Å². The third kappa shape index (κ3) is 1.14. The lowest BCUT2D eigenvalue weighted by Crippen LogP contribution is -2.70. The molecule has 0 saturated heterocycles. The highest BCUT2D eigenvalue weighted by Crippen LogP contribution is 2.67. The second kappa shape index (κ2) is 3.55. The van der Waals surface area contributed by atoms with Gasteiger partial charge in [0.15, 0.2) is 11.5 Å². The van der Waals surface area contributed by atoms with E-state index in [4.69, 9.17) is 4.74 Å². The lowest BCUT2D eigenvalue weighted by Gasteiger charge is -2.61. The van der Waals surface area contributed by atoms with Crippen LogP contribution in [-0.4, -0.2) is 33.1 Å². The topological polar surface area (TPSA) is 69.9 Å². The zero-order chi connectivity index (χ0) is 14.4. The van der Waals surface area contributed by atoms with E-state index in [0.717, 1.165) is 31.2 Å². The van der Waals surface area contributed by atoms with Crippen molar-refractivity contribution in [3.8, 4) is 11.5 Å². The summed E-state index contributed by atoms with van der Waals surface area (Å²) in [5.74, 6) is 0.890. The normalized spacial score (nSPS) is 45.9. The summed E-state index contributed by atoms with van der Waals surface area (Å²) in [7, 11) is 0. The molecule has 4 nitrogen and oxygen atoms in total. The Morgan fingerprint density at radius 3 is 2.90 bits per heavy atom. The molecule has 3 aliphatic carbocycles. The van der Waals surface area contributed by atoms with Crippen molar-refractivity contribution >= 4 is 0 Å². The van der Waals surface area contributed by atoms with Crippen molar-refractivity contribution in [3.63, 3.8) is 0 Å². The minimum absolute atomic E-state index is 0.135. The molecule has 1 aromatic rings. The van der Waals surface area contributed by atoms with Gasteiger partial charge < -0.3 is 20.1 Å². The van der Waals surface area contributed by atoms with E-state index >= 15 is 0 Å². The number of hydrogen-bond donors (Lipinski definition) is 3. The largest absolute Gasteiger partial charge is 0.504 e. The van der Waals surface area contributed by atoms with E-state index in [0.29, 0.717) is 18.6 Å². The van der Waals surface area contributed by atoms with Gasteiger partial charge in [0.2, 0.25) is 0 Å². The van der Waals surface area contributed by atoms with E-state index in [1.165, 1.54) is 5.56 Å². The van der Waals surface area contributed by atoms with Gasteiger partial charge in [-0.3, -0.25) is 0 Å². The van der Waals surface area contributed by atoms with Crippen molar-refractivity contribution in [1.82, 2.24) is 0 Å². The summed E-state index contributed by atoms with van der Waals surface area (Å²) >= 11 is 0. The number of hydrogen-bond acceptors (Lipinski definition) is 4. The predicted molar refractivity (Wildman–Crippen MR) is 75.4 cm³/mol. The minimum Gasteiger partial charge on any atom is -0.504 e. The van der Waals surface area contributed by atoms with Gasteiger partial charge in [0, 0.05) is 5.56 Å². The van der Waals surface area contributed by atoms with Gasteiger partial charge >= 0.3 is 0 Å². The van der Waals surface area contributed by atoms with Crippen LogP contribution in [0.3, 0.4) is 0 Å². The third-order valence-electron chi connectivity index (χ3n) is 6.61. The summed E-state index contributed by atoms with van der Waals surface area (Å²) in [4.78, 5) is 0. The molecule has 0 aromatic heterocycles. The number of ether oxygens (including phenoxy) is 1. The highest BCUT2D eigenvalue weighted by molar-refractivity contribution is 5.61. The van der Waals surface area contributed by atoms with Gasteiger partial charge in [-0.25, -0.2) is 0 Å². The number of aromatic hydroxyl groups is 1. The lowest BCUT2D eigenvalue weighted by molar-refractivity contribution is -0.195. The number of benzene rings is 1. The van der Waals surface area contributed by atoms with Crippen molar-refractivity contribution in [3.05, 3.63) is 23.3 Å². The SMILES string of the molecule is Oc1ccc2c3c1O[C@H]1[C@@H](O)CC[C@@]4(O)[C@H](CCC[C@]314)C2. The average molecular weight is 288 g/mol. The fourth-order valence-electron chi connectivity index (χ4n) is 5.83. The standard InChI is InChI=1S/C17H20O4/c18-11-4-3-9-8-10-2-1-6-16-13(9)14(11)21-15(16)12(19)5-7-17(10,16)20/h3-4,10,12,15,18-20H,1-2,5-8H2/t10-,12+,15+,16+,17-/m1/s1. The molecule has 0 unspecified atom stereocenters. The minimum atomic E-state index is -0.790. The van der Waals surface area contributed by atoms with Crippen LogP contribution in [0.4, 0.5) is 0 Å². The van der Waals surface area contributed by atoms with Crippen molar-refractivity contribution in [2.24, 2.45) is 5.92 Å². The Morgan fingerprint density at radius 2 is 2.05 bits per heavy atom. The van der Waals surface area contributed by atoms with Gasteiger partial charge in [0.05, 0.1) is 17.1 Å². The molecule has 2 saturated carbocycles. The molecule has 2 bridgehead atoms. The Labute approximate surface area is 123 Å². The van der Waals surface area contributed by atoms with Crippen LogP contribution < -0.4 is 4.74 Å². The summed E-state index contributed by atoms with van der Waals surface area (Å²) in [5.41, 5.74) is 0.870. The zero-order valence-electron chi connectivity index (χ0n) is 11.9. The molecule has 3 N–H and O–H groups in total. The molecular weight excluding hydrogens is 268 g/mol. The Kier molecular flexibility index (Phi) is 2.08. The summed E-state index contributed by atoms with van der Waals surface area (Å²) in [5, 5.41) is 32.2. The maximum Gasteiger partial charge on any atom is 0.165 e. The number of aliphatic hydroxyl groups excluding tert-OH is 1. The fourth-order valence-corrected chi connectivity index (χ4v) is 5.83. The number of phenolic OH excluding ortho intramolecular Hbond substituents is 1. The van der Waals surface area contributed by atoms with Gasteiger partial charge in [-0.1, -0.05) is 12.5 Å². The van der Waals surface area contributed by atoms with Gasteiger partial charge in [0.25, 0.3) is 0 Å². The molecule has 1 spiro atoms. The predicted octanol–water partition coefficient (Wildman–Crippen LogP) is 1.63. The fraction of sp³-hybridized carbons (Fsp3) is 0.647. The molecule has 5 rings (SSSR count). The lowest BCUT2D eigenvalue weighted by atomic mass is 9.45. The quantitative estimate of drug-likeness (QED) is 0.678. The van der Waals surface area contributed by atoms with Crippen LogP contribution in [0.25, 0.3) is 0 Å². The van der Waals surface area contributed by atoms with Crippen molar-refractivity contribution < 1.29 is 20.1 Å². The number of aliphatic hydroxyl groups is 2. The Balaban J connectivity index is 1.87. The number of rotatable bonds is 0. The average Bonchev–Trinajstić information content (AvgIpc) is 2.80. The molecule has 0 radical (unpaired) electrons. The van der Waals surface area contributed by atoms with E-state index in [-0.39, 0.29) is 11.7 Å². The van der Waals surface area contributed by atoms with Crippen LogP contribution >= 0.6 is 0 Å². The molecule has 4 heteroatoms. The van der Waals surface area contributed by atoms with Gasteiger partial charge in [0.1, 0.15) is 6.10 Å². The first kappa shape index (κ1) is 12.3. The van der Waals surface area contributed by atoms with Crippen LogP contribution in [0.2, 0.25) is 0 Å². The van der Waals surface area contributed by atoms with Crippen LogP contribution in [0.1, 0.15) is 43.2 Å². The Hall–Kier alpha value is -1.26. The van der Waals surface area contributed by atoms with E-state index in [9.17, 15) is 15.3 Å². The molecule has 5 atom stereocenters. The second-order valence-electron chi connectivity index (χ2n) is 7.28.